The molecule has 4 heteroatoms. The zero-order valence-corrected chi connectivity index (χ0v) is 34.7. The monoisotopic (exact) mass is 673 g/mol. The van der Waals surface area contributed by atoms with Gasteiger partial charge in [0.1, 0.15) is 23.1 Å². The van der Waals surface area contributed by atoms with Gasteiger partial charge in [-0.05, 0) is 124 Å². The van der Waals surface area contributed by atoms with E-state index < -0.39 is 0 Å². The summed E-state index contributed by atoms with van der Waals surface area (Å²) in [6.45, 7) is 33.7. The smallest absolute Gasteiger partial charge is 0.133 e. The second-order valence-corrected chi connectivity index (χ2v) is 19.8. The number of hydrogen-bond donors (Lipinski definition) is 0. The van der Waals surface area contributed by atoms with E-state index in [1.165, 1.54) is 77.0 Å². The average Bonchev–Trinajstić information content (AvgIpc) is 2.86. The fourth-order valence-electron chi connectivity index (χ4n) is 11.7. The van der Waals surface area contributed by atoms with Crippen molar-refractivity contribution in [1.82, 2.24) is 0 Å². The van der Waals surface area contributed by atoms with Gasteiger partial charge in [0.05, 0.1) is 0 Å². The molecular weight excluding hydrogens is 592 g/mol. The van der Waals surface area contributed by atoms with Crippen LogP contribution >= 0.6 is 0 Å². The van der Waals surface area contributed by atoms with E-state index in [4.69, 9.17) is 0 Å². The van der Waals surface area contributed by atoms with E-state index in [0.29, 0.717) is 70.5 Å². The molecule has 0 amide bonds. The second kappa shape index (κ2) is 18.3. The first-order chi connectivity index (χ1) is 21.8. The molecule has 280 valence electrons. The lowest BCUT2D eigenvalue weighted by Crippen LogP contribution is -2.38. The Morgan fingerprint density at radius 3 is 0.583 bits per heavy atom. The molecule has 0 aliphatic heterocycles. The van der Waals surface area contributed by atoms with Crippen LogP contribution in [0.15, 0.2) is 0 Å². The molecule has 0 unspecified atom stereocenters. The minimum absolute atomic E-state index is 0.240. The van der Waals surface area contributed by atoms with Crippen molar-refractivity contribution >= 4 is 23.1 Å². The van der Waals surface area contributed by atoms with Gasteiger partial charge in [-0.2, -0.15) is 0 Å². The van der Waals surface area contributed by atoms with Gasteiger partial charge in [-0.1, -0.05) is 109 Å². The Bertz CT molecular complexity index is 894. The summed E-state index contributed by atoms with van der Waals surface area (Å²) in [5.74, 6) is 5.07. The highest BCUT2D eigenvalue weighted by Gasteiger charge is 2.42. The van der Waals surface area contributed by atoms with E-state index in [2.05, 4.69) is 83.1 Å². The highest BCUT2D eigenvalue weighted by atomic mass is 16.1. The standard InChI is InChI=1S/4C11H20O/c4*1-8-6-5-7-11(3,4)10(8)9(2)12/h4*8,10H,5-7H2,1-4H3/t2*8-,10+;2*8-,10-/m1010/s1. The van der Waals surface area contributed by atoms with Crippen molar-refractivity contribution in [2.24, 2.45) is 69.0 Å². The fraction of sp³-hybridized carbons (Fsp3) is 0.909. The average molecular weight is 673 g/mol. The minimum atomic E-state index is 0.240. The highest BCUT2D eigenvalue weighted by molar-refractivity contribution is 5.80. The first-order valence-corrected chi connectivity index (χ1v) is 19.8. The molecule has 4 rings (SSSR count). The van der Waals surface area contributed by atoms with Gasteiger partial charge in [0, 0.05) is 23.7 Å². The van der Waals surface area contributed by atoms with Crippen LogP contribution < -0.4 is 0 Å². The summed E-state index contributed by atoms with van der Waals surface area (Å²) < 4.78 is 0. The Kier molecular flexibility index (Phi) is 17.0. The van der Waals surface area contributed by atoms with Crippen molar-refractivity contribution in [3.63, 3.8) is 0 Å². The van der Waals surface area contributed by atoms with Gasteiger partial charge >= 0.3 is 0 Å². The lowest BCUT2D eigenvalue weighted by atomic mass is 9.63. The number of Topliss-reactive ketones (excluding diaryl/α,β-unsaturated/α-hetero) is 4. The van der Waals surface area contributed by atoms with E-state index >= 15 is 0 Å². The molecule has 0 N–H and O–H groups in total. The summed E-state index contributed by atoms with van der Waals surface area (Å²) in [6.07, 6.45) is 14.9. The van der Waals surface area contributed by atoms with E-state index in [-0.39, 0.29) is 21.7 Å². The van der Waals surface area contributed by atoms with Gasteiger partial charge < -0.3 is 0 Å². The van der Waals surface area contributed by atoms with E-state index in [1.54, 1.807) is 27.7 Å². The first-order valence-electron chi connectivity index (χ1n) is 19.8. The normalized spacial score (nSPS) is 34.7. The number of rotatable bonds is 4. The predicted molar refractivity (Wildman–Crippen MR) is 204 cm³/mol. The first kappa shape index (κ1) is 44.7. The molecule has 4 fully saturated rings. The van der Waals surface area contributed by atoms with Crippen LogP contribution in [0.4, 0.5) is 0 Å². The van der Waals surface area contributed by atoms with E-state index in [0.717, 1.165) is 0 Å². The topological polar surface area (TPSA) is 68.3 Å². The maximum atomic E-state index is 11.4. The Morgan fingerprint density at radius 1 is 0.354 bits per heavy atom. The Labute approximate surface area is 298 Å². The van der Waals surface area contributed by atoms with Crippen molar-refractivity contribution in [2.45, 2.75) is 188 Å². The summed E-state index contributed by atoms with van der Waals surface area (Å²) >= 11 is 0. The van der Waals surface area contributed by atoms with Crippen LogP contribution in [-0.4, -0.2) is 23.1 Å². The molecule has 0 heterocycles. The molecule has 4 saturated carbocycles. The molecule has 0 aromatic carbocycles. The van der Waals surface area contributed by atoms with Gasteiger partial charge in [-0.25, -0.2) is 0 Å². The molecule has 0 bridgehead atoms. The van der Waals surface area contributed by atoms with Crippen LogP contribution in [0.2, 0.25) is 0 Å². The summed E-state index contributed by atoms with van der Waals surface area (Å²) in [7, 11) is 0. The lowest BCUT2D eigenvalue weighted by molar-refractivity contribution is -0.129. The minimum Gasteiger partial charge on any atom is -0.300 e. The van der Waals surface area contributed by atoms with Crippen LogP contribution in [-0.2, 0) is 19.2 Å². The van der Waals surface area contributed by atoms with Crippen LogP contribution in [0.25, 0.3) is 0 Å². The molecule has 0 radical (unpaired) electrons. The Balaban J connectivity index is 0.000000320. The second-order valence-electron chi connectivity index (χ2n) is 19.8. The molecule has 0 aromatic rings. The van der Waals surface area contributed by atoms with Gasteiger partial charge in [0.15, 0.2) is 0 Å². The molecule has 4 nitrogen and oxygen atoms in total. The Morgan fingerprint density at radius 2 is 0.500 bits per heavy atom. The molecule has 4 aliphatic carbocycles. The van der Waals surface area contributed by atoms with Crippen LogP contribution in [0.1, 0.15) is 188 Å². The summed E-state index contributed by atoms with van der Waals surface area (Å²) in [6, 6.07) is 0. The molecule has 48 heavy (non-hydrogen) atoms. The van der Waals surface area contributed by atoms with Crippen molar-refractivity contribution in [3.8, 4) is 0 Å². The molecule has 0 aromatic heterocycles. The molecule has 8 atom stereocenters. The fourth-order valence-corrected chi connectivity index (χ4v) is 11.7. The van der Waals surface area contributed by atoms with Crippen LogP contribution in [0.3, 0.4) is 0 Å². The third-order valence-corrected chi connectivity index (χ3v) is 13.3. The molecule has 0 spiro atoms. The van der Waals surface area contributed by atoms with Crippen molar-refractivity contribution in [2.75, 3.05) is 0 Å². The van der Waals surface area contributed by atoms with Crippen LogP contribution in [0, 0.1) is 69.0 Å². The third-order valence-electron chi connectivity index (χ3n) is 13.3. The predicted octanol–water partition coefficient (Wildman–Crippen LogP) is 12.2. The number of ketones is 4. The lowest BCUT2D eigenvalue weighted by Gasteiger charge is -2.41. The molecule has 4 aliphatic rings. The summed E-state index contributed by atoms with van der Waals surface area (Å²) in [5, 5.41) is 0. The quantitative estimate of drug-likeness (QED) is 0.298. The van der Waals surface area contributed by atoms with Gasteiger partial charge in [-0.3, -0.25) is 19.2 Å². The largest absolute Gasteiger partial charge is 0.300 e. The van der Waals surface area contributed by atoms with Gasteiger partial charge in [-0.15, -0.1) is 0 Å². The maximum absolute atomic E-state index is 11.4. The Hall–Kier alpha value is -1.32. The highest BCUT2D eigenvalue weighted by Crippen LogP contribution is 2.46. The SMILES string of the molecule is CC(=O)[C@@H]1[C@@H](C)CCCC1(C)C.CC(=O)[C@@H]1[C@H](C)CCCC1(C)C.CC(=O)[C@H]1[C@@H](C)CCCC1(C)C.CC(=O)[C@H]1[C@H](C)CCCC1(C)C. The zero-order valence-electron chi connectivity index (χ0n) is 34.7. The molecular formula is C44H80O4. The number of carbonyl (C=O) groups is 4. The van der Waals surface area contributed by atoms with E-state index in [9.17, 15) is 19.2 Å². The van der Waals surface area contributed by atoms with Crippen molar-refractivity contribution < 1.29 is 19.2 Å². The number of carbonyl (C=O) groups excluding carboxylic acids is 4. The molecule has 0 saturated heterocycles. The third kappa shape index (κ3) is 12.5. The maximum Gasteiger partial charge on any atom is 0.133 e. The van der Waals surface area contributed by atoms with E-state index in [1.807, 2.05) is 0 Å². The van der Waals surface area contributed by atoms with Gasteiger partial charge in [0.2, 0.25) is 0 Å². The number of hydrogen-bond acceptors (Lipinski definition) is 4. The summed E-state index contributed by atoms with van der Waals surface area (Å²) in [4.78, 5) is 45.7. The summed E-state index contributed by atoms with van der Waals surface area (Å²) in [5.41, 5.74) is 0.958. The van der Waals surface area contributed by atoms with Crippen molar-refractivity contribution in [3.05, 3.63) is 0 Å². The van der Waals surface area contributed by atoms with Crippen LogP contribution in [0.5, 0.6) is 0 Å². The van der Waals surface area contributed by atoms with Crippen molar-refractivity contribution in [1.29, 1.82) is 0 Å². The zero-order chi connectivity index (χ0) is 37.4. The van der Waals surface area contributed by atoms with Gasteiger partial charge in [0.25, 0.3) is 0 Å².